The molecule has 0 unspecified atom stereocenters. The van der Waals surface area contributed by atoms with E-state index in [0.717, 1.165) is 11.3 Å². The molecule has 0 bridgehead atoms. The van der Waals surface area contributed by atoms with Crippen LogP contribution in [0.2, 0.25) is 0 Å². The van der Waals surface area contributed by atoms with Crippen molar-refractivity contribution < 1.29 is 23.4 Å². The molecule has 28 heavy (non-hydrogen) atoms. The Morgan fingerprint density at radius 2 is 1.93 bits per heavy atom. The average Bonchev–Trinajstić information content (AvgIpc) is 2.66. The maximum Gasteiger partial charge on any atom is 0.261 e. The van der Waals surface area contributed by atoms with E-state index in [-0.39, 0.29) is 17.8 Å². The molecule has 6 heteroatoms. The highest BCUT2D eigenvalue weighted by Crippen LogP contribution is 2.41. The van der Waals surface area contributed by atoms with Crippen LogP contribution >= 0.6 is 0 Å². The molecule has 2 atom stereocenters. The second kappa shape index (κ2) is 8.09. The zero-order valence-corrected chi connectivity index (χ0v) is 16.6. The molecule has 1 heterocycles. The molecular formula is C22H26FNO4. The molecule has 1 aliphatic rings. The van der Waals surface area contributed by atoms with Crippen molar-refractivity contribution in [3.8, 4) is 17.2 Å². The van der Waals surface area contributed by atoms with Gasteiger partial charge in [0.05, 0.1) is 13.2 Å². The number of methoxy groups -OCH3 is 1. The van der Waals surface area contributed by atoms with Crippen LogP contribution in [-0.4, -0.2) is 24.7 Å². The predicted molar refractivity (Wildman–Crippen MR) is 104 cm³/mol. The van der Waals surface area contributed by atoms with E-state index >= 15 is 0 Å². The van der Waals surface area contributed by atoms with Gasteiger partial charge in [-0.15, -0.1) is 0 Å². The summed E-state index contributed by atoms with van der Waals surface area (Å²) >= 11 is 0. The predicted octanol–water partition coefficient (Wildman–Crippen LogP) is 4.41. The Hall–Kier alpha value is -2.76. The zero-order chi connectivity index (χ0) is 20.3. The summed E-state index contributed by atoms with van der Waals surface area (Å²) in [5.74, 6) is 1.33. The number of nitrogens with one attached hydrogen (secondary N) is 1. The Bertz CT molecular complexity index is 835. The SMILES string of the molecule is CC[C@@H](Oc1ccc(F)cc1)C(=O)N[C@@H]1CC(C)(C)Oc2ccc(OC)cc21. The summed E-state index contributed by atoms with van der Waals surface area (Å²) in [5, 5.41) is 3.09. The molecule has 0 saturated carbocycles. The number of benzene rings is 2. The number of carbonyl (C=O) groups excluding carboxylic acids is 1. The summed E-state index contributed by atoms with van der Waals surface area (Å²) in [6, 6.07) is 11.0. The molecule has 0 radical (unpaired) electrons. The topological polar surface area (TPSA) is 56.8 Å². The lowest BCUT2D eigenvalue weighted by Gasteiger charge is -2.38. The summed E-state index contributed by atoms with van der Waals surface area (Å²) < 4.78 is 30.2. The minimum absolute atomic E-state index is 0.219. The third kappa shape index (κ3) is 4.55. The van der Waals surface area contributed by atoms with E-state index in [1.807, 2.05) is 39.0 Å². The van der Waals surface area contributed by atoms with Crippen molar-refractivity contribution in [2.45, 2.75) is 51.4 Å². The lowest BCUT2D eigenvalue weighted by molar-refractivity contribution is -0.129. The van der Waals surface area contributed by atoms with Crippen LogP contribution in [0.4, 0.5) is 4.39 Å². The summed E-state index contributed by atoms with van der Waals surface area (Å²) in [4.78, 5) is 12.9. The van der Waals surface area contributed by atoms with Crippen molar-refractivity contribution in [3.63, 3.8) is 0 Å². The fourth-order valence-corrected chi connectivity index (χ4v) is 3.35. The molecule has 0 aromatic heterocycles. The molecule has 1 amide bonds. The van der Waals surface area contributed by atoms with Crippen LogP contribution in [-0.2, 0) is 4.79 Å². The third-order valence-electron chi connectivity index (χ3n) is 4.75. The number of amides is 1. The summed E-state index contributed by atoms with van der Waals surface area (Å²) in [6.45, 7) is 5.86. The standard InChI is InChI=1S/C22H26FNO4/c1-5-19(27-15-8-6-14(23)7-9-15)21(25)24-18-13-22(2,3)28-20-11-10-16(26-4)12-17(18)20/h6-12,18-19H,5,13H2,1-4H3,(H,24,25)/t18-,19-/m1/s1. The minimum atomic E-state index is -0.675. The molecule has 1 N–H and O–H groups in total. The third-order valence-corrected chi connectivity index (χ3v) is 4.75. The van der Waals surface area contributed by atoms with Crippen molar-refractivity contribution in [2.75, 3.05) is 7.11 Å². The van der Waals surface area contributed by atoms with Crippen molar-refractivity contribution in [2.24, 2.45) is 0 Å². The van der Waals surface area contributed by atoms with Crippen LogP contribution in [0.25, 0.3) is 0 Å². The maximum atomic E-state index is 13.1. The highest BCUT2D eigenvalue weighted by molar-refractivity contribution is 5.81. The highest BCUT2D eigenvalue weighted by atomic mass is 19.1. The second-order valence-electron chi connectivity index (χ2n) is 7.50. The van der Waals surface area contributed by atoms with Crippen molar-refractivity contribution in [1.29, 1.82) is 0 Å². The Morgan fingerprint density at radius 1 is 1.25 bits per heavy atom. The molecular weight excluding hydrogens is 361 g/mol. The van der Waals surface area contributed by atoms with Gasteiger partial charge in [0.25, 0.3) is 5.91 Å². The van der Waals surface area contributed by atoms with Gasteiger partial charge in [-0.25, -0.2) is 4.39 Å². The van der Waals surface area contributed by atoms with Crippen molar-refractivity contribution >= 4 is 5.91 Å². The smallest absolute Gasteiger partial charge is 0.261 e. The van der Waals surface area contributed by atoms with E-state index in [4.69, 9.17) is 14.2 Å². The Morgan fingerprint density at radius 3 is 2.57 bits per heavy atom. The van der Waals surface area contributed by atoms with Gasteiger partial charge in [0.2, 0.25) is 0 Å². The van der Waals surface area contributed by atoms with Crippen LogP contribution in [0.1, 0.15) is 45.2 Å². The number of rotatable bonds is 6. The molecule has 5 nitrogen and oxygen atoms in total. The quantitative estimate of drug-likeness (QED) is 0.798. The largest absolute Gasteiger partial charge is 0.497 e. The minimum Gasteiger partial charge on any atom is -0.497 e. The number of halogens is 1. The molecule has 1 aliphatic heterocycles. The van der Waals surface area contributed by atoms with Gasteiger partial charge in [0, 0.05) is 12.0 Å². The van der Waals surface area contributed by atoms with Gasteiger partial charge >= 0.3 is 0 Å². The van der Waals surface area contributed by atoms with Crippen LogP contribution in [0, 0.1) is 5.82 Å². The molecule has 2 aromatic rings. The molecule has 0 fully saturated rings. The fraction of sp³-hybridized carbons (Fsp3) is 0.409. The van der Waals surface area contributed by atoms with Crippen LogP contribution in [0.15, 0.2) is 42.5 Å². The fourth-order valence-electron chi connectivity index (χ4n) is 3.35. The first-order chi connectivity index (χ1) is 13.3. The van der Waals surface area contributed by atoms with E-state index in [0.29, 0.717) is 24.3 Å². The van der Waals surface area contributed by atoms with Gasteiger partial charge in [0.15, 0.2) is 6.10 Å². The van der Waals surface area contributed by atoms with Crippen LogP contribution in [0.5, 0.6) is 17.2 Å². The van der Waals surface area contributed by atoms with E-state index in [1.54, 1.807) is 7.11 Å². The van der Waals surface area contributed by atoms with E-state index in [9.17, 15) is 9.18 Å². The molecule has 0 aliphatic carbocycles. The molecule has 0 saturated heterocycles. The Kier molecular flexibility index (Phi) is 5.77. The monoisotopic (exact) mass is 387 g/mol. The van der Waals surface area contributed by atoms with Crippen LogP contribution in [0.3, 0.4) is 0 Å². The summed E-state index contributed by atoms with van der Waals surface area (Å²) in [6.07, 6.45) is 0.428. The van der Waals surface area contributed by atoms with Crippen LogP contribution < -0.4 is 19.5 Å². The lowest BCUT2D eigenvalue weighted by Crippen LogP contribution is -2.45. The normalized spacial score (nSPS) is 18.4. The zero-order valence-electron chi connectivity index (χ0n) is 16.6. The molecule has 3 rings (SSSR count). The second-order valence-corrected chi connectivity index (χ2v) is 7.50. The summed E-state index contributed by atoms with van der Waals surface area (Å²) in [7, 11) is 1.60. The van der Waals surface area contributed by atoms with E-state index < -0.39 is 11.7 Å². The van der Waals surface area contributed by atoms with Gasteiger partial charge in [-0.3, -0.25) is 4.79 Å². The number of hydrogen-bond acceptors (Lipinski definition) is 4. The molecule has 2 aromatic carbocycles. The van der Waals surface area contributed by atoms with Crippen molar-refractivity contribution in [3.05, 3.63) is 53.8 Å². The van der Waals surface area contributed by atoms with Gasteiger partial charge in [-0.1, -0.05) is 6.92 Å². The van der Waals surface area contributed by atoms with Crippen molar-refractivity contribution in [1.82, 2.24) is 5.32 Å². The Balaban J connectivity index is 1.79. The number of fused-ring (bicyclic) bond motifs is 1. The number of ether oxygens (including phenoxy) is 3. The van der Waals surface area contributed by atoms with E-state index in [2.05, 4.69) is 5.32 Å². The maximum absolute atomic E-state index is 13.1. The highest BCUT2D eigenvalue weighted by Gasteiger charge is 2.36. The first-order valence-electron chi connectivity index (χ1n) is 9.41. The number of hydrogen-bond donors (Lipinski definition) is 1. The van der Waals surface area contributed by atoms with Gasteiger partial charge in [0.1, 0.15) is 28.7 Å². The molecule has 0 spiro atoms. The first-order valence-corrected chi connectivity index (χ1v) is 9.41. The summed E-state index contributed by atoms with van der Waals surface area (Å²) in [5.41, 5.74) is 0.461. The Labute approximate surface area is 164 Å². The average molecular weight is 387 g/mol. The number of carbonyl (C=O) groups is 1. The molecule has 150 valence electrons. The van der Waals surface area contributed by atoms with E-state index in [1.165, 1.54) is 24.3 Å². The lowest BCUT2D eigenvalue weighted by atomic mass is 9.89. The first kappa shape index (κ1) is 20.0. The van der Waals surface area contributed by atoms with Gasteiger partial charge < -0.3 is 19.5 Å². The van der Waals surface area contributed by atoms with Gasteiger partial charge in [-0.05, 0) is 62.7 Å². The van der Waals surface area contributed by atoms with Gasteiger partial charge in [-0.2, -0.15) is 0 Å².